The monoisotopic (exact) mass is 339 g/mol. The van der Waals surface area contributed by atoms with Crippen molar-refractivity contribution in [1.29, 1.82) is 0 Å². The normalized spacial score (nSPS) is 11.8. The number of amides is 2. The van der Waals surface area contributed by atoms with E-state index in [0.717, 1.165) is 10.7 Å². The molecule has 0 fully saturated rings. The Morgan fingerprint density at radius 2 is 2.30 bits per heavy atom. The number of hydrogen-bond donors (Lipinski definition) is 3. The standard InChI is InChI=1S/C15H18FN3O3S/c1-10-19-12(9-23-10)6-17-15(21)18-7-13(20)8-22-14-4-2-3-11(16)5-14/h2-5,9,13,20H,6-8H2,1H3,(H2,17,18,21). The average molecular weight is 339 g/mol. The number of aryl methyl sites for hydroxylation is 1. The summed E-state index contributed by atoms with van der Waals surface area (Å²) in [6.45, 7) is 2.20. The molecule has 124 valence electrons. The fraction of sp³-hybridized carbons (Fsp3) is 0.333. The molecule has 8 heteroatoms. The topological polar surface area (TPSA) is 83.5 Å². The van der Waals surface area contributed by atoms with Crippen molar-refractivity contribution in [3.63, 3.8) is 0 Å². The summed E-state index contributed by atoms with van der Waals surface area (Å²) in [6, 6.07) is 5.23. The van der Waals surface area contributed by atoms with E-state index in [2.05, 4.69) is 15.6 Å². The number of hydrogen-bond acceptors (Lipinski definition) is 5. The third-order valence-corrected chi connectivity index (χ3v) is 3.66. The van der Waals surface area contributed by atoms with Crippen LogP contribution in [0.15, 0.2) is 29.6 Å². The van der Waals surface area contributed by atoms with Gasteiger partial charge in [0.25, 0.3) is 0 Å². The molecule has 1 aromatic heterocycles. The highest BCUT2D eigenvalue weighted by Crippen LogP contribution is 2.12. The third-order valence-electron chi connectivity index (χ3n) is 2.83. The van der Waals surface area contributed by atoms with Crippen molar-refractivity contribution >= 4 is 17.4 Å². The second-order valence-corrected chi connectivity index (χ2v) is 5.91. The van der Waals surface area contributed by atoms with Crippen LogP contribution in [-0.2, 0) is 6.54 Å². The number of benzene rings is 1. The molecule has 2 rings (SSSR count). The first-order chi connectivity index (χ1) is 11.0. The number of carbonyl (C=O) groups excluding carboxylic acids is 1. The van der Waals surface area contributed by atoms with Gasteiger partial charge in [0.1, 0.15) is 24.3 Å². The van der Waals surface area contributed by atoms with Gasteiger partial charge in [0.2, 0.25) is 0 Å². The highest BCUT2D eigenvalue weighted by molar-refractivity contribution is 7.09. The summed E-state index contributed by atoms with van der Waals surface area (Å²) in [6.07, 6.45) is -0.898. The van der Waals surface area contributed by atoms with Crippen molar-refractivity contribution < 1.29 is 19.0 Å². The third kappa shape index (κ3) is 6.21. The molecule has 1 heterocycles. The maximum absolute atomic E-state index is 13.0. The number of urea groups is 1. The van der Waals surface area contributed by atoms with Crippen molar-refractivity contribution in [3.05, 3.63) is 46.2 Å². The highest BCUT2D eigenvalue weighted by atomic mass is 32.1. The first-order valence-corrected chi connectivity index (χ1v) is 7.90. The van der Waals surface area contributed by atoms with E-state index >= 15 is 0 Å². The van der Waals surface area contributed by atoms with Crippen LogP contribution in [0, 0.1) is 12.7 Å². The lowest BCUT2D eigenvalue weighted by molar-refractivity contribution is 0.107. The number of rotatable bonds is 7. The van der Waals surface area contributed by atoms with E-state index in [4.69, 9.17) is 4.74 Å². The molecular weight excluding hydrogens is 321 g/mol. The Hall–Kier alpha value is -2.19. The largest absolute Gasteiger partial charge is 0.491 e. The van der Waals surface area contributed by atoms with Crippen molar-refractivity contribution in [3.8, 4) is 5.75 Å². The Morgan fingerprint density at radius 3 is 3.00 bits per heavy atom. The van der Waals surface area contributed by atoms with Gasteiger partial charge in [-0.3, -0.25) is 0 Å². The molecule has 6 nitrogen and oxygen atoms in total. The maximum atomic E-state index is 13.0. The minimum absolute atomic E-state index is 0.0250. The molecule has 0 saturated carbocycles. The molecule has 0 spiro atoms. The number of ether oxygens (including phenoxy) is 1. The molecule has 0 aliphatic heterocycles. The van der Waals surface area contributed by atoms with E-state index in [9.17, 15) is 14.3 Å². The predicted molar refractivity (Wildman–Crippen MR) is 85.0 cm³/mol. The summed E-state index contributed by atoms with van der Waals surface area (Å²) in [7, 11) is 0. The number of aromatic nitrogens is 1. The lowest BCUT2D eigenvalue weighted by atomic mass is 10.3. The molecule has 23 heavy (non-hydrogen) atoms. The number of halogens is 1. The van der Waals surface area contributed by atoms with Gasteiger partial charge in [-0.1, -0.05) is 6.07 Å². The Balaban J connectivity index is 1.63. The smallest absolute Gasteiger partial charge is 0.315 e. The van der Waals surface area contributed by atoms with Crippen molar-refractivity contribution in [2.45, 2.75) is 19.6 Å². The summed E-state index contributed by atoms with van der Waals surface area (Å²) in [4.78, 5) is 15.8. The first kappa shape index (κ1) is 17.2. The molecule has 2 amide bonds. The number of aliphatic hydroxyl groups is 1. The zero-order valence-corrected chi connectivity index (χ0v) is 13.4. The van der Waals surface area contributed by atoms with Gasteiger partial charge in [0, 0.05) is 18.0 Å². The van der Waals surface area contributed by atoms with E-state index in [1.54, 1.807) is 6.07 Å². The van der Waals surface area contributed by atoms with Crippen LogP contribution in [0.5, 0.6) is 5.75 Å². The SMILES string of the molecule is Cc1nc(CNC(=O)NCC(O)COc2cccc(F)c2)cs1. The van der Waals surface area contributed by atoms with Gasteiger partial charge in [-0.2, -0.15) is 0 Å². The summed E-state index contributed by atoms with van der Waals surface area (Å²) in [5.41, 5.74) is 0.789. The molecule has 0 aliphatic carbocycles. The molecule has 1 unspecified atom stereocenters. The Bertz CT molecular complexity index is 650. The van der Waals surface area contributed by atoms with Gasteiger partial charge in [-0.25, -0.2) is 14.2 Å². The molecule has 0 saturated heterocycles. The number of nitrogens with one attached hydrogen (secondary N) is 2. The van der Waals surface area contributed by atoms with Crippen molar-refractivity contribution in [2.75, 3.05) is 13.2 Å². The zero-order chi connectivity index (χ0) is 16.7. The fourth-order valence-corrected chi connectivity index (χ4v) is 2.35. The zero-order valence-electron chi connectivity index (χ0n) is 12.6. The van der Waals surface area contributed by atoms with Gasteiger partial charge in [0.15, 0.2) is 0 Å². The number of nitrogens with zero attached hydrogens (tertiary/aromatic N) is 1. The lowest BCUT2D eigenvalue weighted by Gasteiger charge is -2.13. The molecule has 3 N–H and O–H groups in total. The Kier molecular flexibility index (Phi) is 6.30. The Morgan fingerprint density at radius 1 is 1.48 bits per heavy atom. The summed E-state index contributed by atoms with van der Waals surface area (Å²) in [5.74, 6) is -0.0841. The molecule has 2 aromatic rings. The van der Waals surface area contributed by atoms with Gasteiger partial charge in [-0.05, 0) is 19.1 Å². The lowest BCUT2D eigenvalue weighted by Crippen LogP contribution is -2.41. The Labute approximate surface area is 137 Å². The van der Waals surface area contributed by atoms with Crippen LogP contribution in [0.25, 0.3) is 0 Å². The maximum Gasteiger partial charge on any atom is 0.315 e. The second kappa shape index (κ2) is 8.44. The van der Waals surface area contributed by atoms with Crippen molar-refractivity contribution in [1.82, 2.24) is 15.6 Å². The number of thiazole rings is 1. The summed E-state index contributed by atoms with van der Waals surface area (Å²) < 4.78 is 18.2. The van der Waals surface area contributed by atoms with Crippen LogP contribution in [-0.4, -0.2) is 35.4 Å². The highest BCUT2D eigenvalue weighted by Gasteiger charge is 2.09. The molecule has 0 aliphatic rings. The van der Waals surface area contributed by atoms with E-state index in [1.807, 2.05) is 12.3 Å². The van der Waals surface area contributed by atoms with Crippen LogP contribution >= 0.6 is 11.3 Å². The molecule has 0 bridgehead atoms. The van der Waals surface area contributed by atoms with E-state index < -0.39 is 18.0 Å². The quantitative estimate of drug-likeness (QED) is 0.719. The van der Waals surface area contributed by atoms with Crippen LogP contribution in [0.3, 0.4) is 0 Å². The second-order valence-electron chi connectivity index (χ2n) is 4.84. The van der Waals surface area contributed by atoms with Gasteiger partial charge in [-0.15, -0.1) is 11.3 Å². The van der Waals surface area contributed by atoms with Crippen LogP contribution in [0.4, 0.5) is 9.18 Å². The van der Waals surface area contributed by atoms with Crippen LogP contribution in [0.2, 0.25) is 0 Å². The van der Waals surface area contributed by atoms with E-state index in [0.29, 0.717) is 12.3 Å². The van der Waals surface area contributed by atoms with E-state index in [1.165, 1.54) is 29.5 Å². The van der Waals surface area contributed by atoms with Crippen molar-refractivity contribution in [2.24, 2.45) is 0 Å². The fourth-order valence-electron chi connectivity index (χ4n) is 1.74. The minimum atomic E-state index is -0.898. The van der Waals surface area contributed by atoms with E-state index in [-0.39, 0.29) is 13.2 Å². The molecule has 0 radical (unpaired) electrons. The number of aliphatic hydroxyl groups excluding tert-OH is 1. The van der Waals surface area contributed by atoms with Crippen LogP contribution in [0.1, 0.15) is 10.7 Å². The molecular formula is C15H18FN3O3S. The summed E-state index contributed by atoms with van der Waals surface area (Å²) >= 11 is 1.51. The first-order valence-electron chi connectivity index (χ1n) is 7.02. The number of carbonyl (C=O) groups is 1. The molecule has 1 aromatic carbocycles. The minimum Gasteiger partial charge on any atom is -0.491 e. The summed E-state index contributed by atoms with van der Waals surface area (Å²) in [5, 5.41) is 17.7. The van der Waals surface area contributed by atoms with Gasteiger partial charge < -0.3 is 20.5 Å². The van der Waals surface area contributed by atoms with Crippen LogP contribution < -0.4 is 15.4 Å². The average Bonchev–Trinajstić information content (AvgIpc) is 2.94. The van der Waals surface area contributed by atoms with Gasteiger partial charge in [0.05, 0.1) is 17.2 Å². The predicted octanol–water partition coefficient (Wildman–Crippen LogP) is 1.83. The van der Waals surface area contributed by atoms with Gasteiger partial charge >= 0.3 is 6.03 Å². The molecule has 1 atom stereocenters.